The molecule has 20 heavy (non-hydrogen) atoms. The third-order valence-corrected chi connectivity index (χ3v) is 3.89. The molecule has 1 aromatic heterocycles. The van der Waals surface area contributed by atoms with Gasteiger partial charge in [-0.3, -0.25) is 0 Å². The third-order valence-electron chi connectivity index (χ3n) is 3.36. The number of benzene rings is 1. The van der Waals surface area contributed by atoms with Gasteiger partial charge in [0.05, 0.1) is 0 Å². The van der Waals surface area contributed by atoms with Crippen LogP contribution in [0.3, 0.4) is 0 Å². The summed E-state index contributed by atoms with van der Waals surface area (Å²) in [5.41, 5.74) is 2.64. The second-order valence-electron chi connectivity index (χ2n) is 6.10. The molecule has 2 aromatic rings. The highest BCUT2D eigenvalue weighted by atomic mass is 79.9. The summed E-state index contributed by atoms with van der Waals surface area (Å²) in [5.74, 6) is 0.911. The Bertz CT molecular complexity index is 553. The highest BCUT2D eigenvalue weighted by Gasteiger charge is 2.14. The van der Waals surface area contributed by atoms with E-state index in [4.69, 9.17) is 0 Å². The molecule has 106 valence electrons. The molecule has 0 amide bonds. The molecule has 0 aliphatic carbocycles. The second kappa shape index (κ2) is 5.96. The van der Waals surface area contributed by atoms with E-state index in [9.17, 15) is 0 Å². The number of hydrogen-bond acceptors (Lipinski definition) is 2. The first-order chi connectivity index (χ1) is 9.36. The van der Waals surface area contributed by atoms with Crippen LogP contribution in [0.25, 0.3) is 0 Å². The van der Waals surface area contributed by atoms with E-state index in [1.165, 1.54) is 11.1 Å². The van der Waals surface area contributed by atoms with Crippen molar-refractivity contribution in [1.29, 1.82) is 0 Å². The van der Waals surface area contributed by atoms with Gasteiger partial charge in [0.1, 0.15) is 5.82 Å². The minimum absolute atomic E-state index is 0.142. The van der Waals surface area contributed by atoms with Crippen LogP contribution < -0.4 is 5.32 Å². The van der Waals surface area contributed by atoms with Crippen molar-refractivity contribution in [3.63, 3.8) is 0 Å². The predicted octanol–water partition coefficient (Wildman–Crippen LogP) is 5.31. The molecule has 0 aliphatic rings. The molecule has 1 N–H and O–H groups in total. The van der Waals surface area contributed by atoms with E-state index in [1.807, 2.05) is 6.20 Å². The van der Waals surface area contributed by atoms with Gasteiger partial charge in [-0.2, -0.15) is 0 Å². The zero-order valence-corrected chi connectivity index (χ0v) is 14.0. The van der Waals surface area contributed by atoms with E-state index in [0.717, 1.165) is 10.3 Å². The van der Waals surface area contributed by atoms with Crippen LogP contribution in [0.1, 0.15) is 44.9 Å². The first kappa shape index (κ1) is 15.0. The van der Waals surface area contributed by atoms with Crippen LogP contribution >= 0.6 is 15.9 Å². The molecule has 1 atom stereocenters. The molecule has 2 nitrogen and oxygen atoms in total. The molecular formula is C17H21BrN2. The summed E-state index contributed by atoms with van der Waals surface area (Å²) in [6.45, 7) is 8.73. The van der Waals surface area contributed by atoms with Gasteiger partial charge in [-0.1, -0.05) is 54.9 Å². The predicted molar refractivity (Wildman–Crippen MR) is 89.1 cm³/mol. The molecule has 0 aliphatic heterocycles. The number of halogens is 1. The van der Waals surface area contributed by atoms with Gasteiger partial charge in [0.2, 0.25) is 0 Å². The smallest absolute Gasteiger partial charge is 0.126 e. The highest BCUT2D eigenvalue weighted by molar-refractivity contribution is 9.10. The van der Waals surface area contributed by atoms with Crippen molar-refractivity contribution in [1.82, 2.24) is 4.98 Å². The molecule has 0 radical (unpaired) electrons. The number of nitrogens with one attached hydrogen (secondary N) is 1. The Morgan fingerprint density at radius 2 is 1.70 bits per heavy atom. The van der Waals surface area contributed by atoms with Crippen LogP contribution in [-0.2, 0) is 5.41 Å². The monoisotopic (exact) mass is 332 g/mol. The topological polar surface area (TPSA) is 24.9 Å². The maximum Gasteiger partial charge on any atom is 0.126 e. The number of anilines is 1. The van der Waals surface area contributed by atoms with Gasteiger partial charge in [0.15, 0.2) is 0 Å². The summed E-state index contributed by atoms with van der Waals surface area (Å²) in [5, 5.41) is 3.43. The van der Waals surface area contributed by atoms with E-state index in [-0.39, 0.29) is 11.5 Å². The Labute approximate surface area is 129 Å². The lowest BCUT2D eigenvalue weighted by molar-refractivity contribution is 0.587. The molecule has 2 rings (SSSR count). The Morgan fingerprint density at radius 3 is 2.20 bits per heavy atom. The average molecular weight is 333 g/mol. The summed E-state index contributed by atoms with van der Waals surface area (Å²) in [4.78, 5) is 4.51. The van der Waals surface area contributed by atoms with Gasteiger partial charge >= 0.3 is 0 Å². The van der Waals surface area contributed by atoms with Crippen molar-refractivity contribution in [2.24, 2.45) is 0 Å². The molecule has 1 heterocycles. The minimum atomic E-state index is 0.142. The van der Waals surface area contributed by atoms with Crippen LogP contribution in [0, 0.1) is 0 Å². The average Bonchev–Trinajstić information content (AvgIpc) is 2.39. The number of pyridine rings is 1. The van der Waals surface area contributed by atoms with Crippen molar-refractivity contribution in [3.8, 4) is 0 Å². The summed E-state index contributed by atoms with van der Waals surface area (Å²) < 4.78 is 1.10. The molecule has 0 fully saturated rings. The normalized spacial score (nSPS) is 13.1. The van der Waals surface area contributed by atoms with Crippen molar-refractivity contribution < 1.29 is 0 Å². The molecular weight excluding hydrogens is 312 g/mol. The van der Waals surface area contributed by atoms with Gasteiger partial charge in [0.25, 0.3) is 0 Å². The number of nitrogens with zero attached hydrogens (tertiary/aromatic N) is 1. The van der Waals surface area contributed by atoms with E-state index in [1.54, 1.807) is 0 Å². The quantitative estimate of drug-likeness (QED) is 0.823. The Morgan fingerprint density at radius 1 is 1.05 bits per heavy atom. The summed E-state index contributed by atoms with van der Waals surface area (Å²) >= 11 is 3.46. The lowest BCUT2D eigenvalue weighted by atomic mass is 9.88. The maximum atomic E-state index is 4.51. The van der Waals surface area contributed by atoms with Crippen LogP contribution in [0.15, 0.2) is 47.1 Å². The van der Waals surface area contributed by atoms with Gasteiger partial charge in [-0.25, -0.2) is 4.98 Å². The van der Waals surface area contributed by atoms with Crippen LogP contribution in [0.4, 0.5) is 5.82 Å². The zero-order chi connectivity index (χ0) is 14.8. The fraction of sp³-hybridized carbons (Fsp3) is 0.353. The van der Waals surface area contributed by atoms with Crippen LogP contribution in [0.2, 0.25) is 0 Å². The highest BCUT2D eigenvalue weighted by Crippen LogP contribution is 2.24. The van der Waals surface area contributed by atoms with Crippen LogP contribution in [-0.4, -0.2) is 4.98 Å². The first-order valence-corrected chi connectivity index (χ1v) is 7.64. The second-order valence-corrected chi connectivity index (χ2v) is 7.02. The maximum absolute atomic E-state index is 4.51. The van der Waals surface area contributed by atoms with Crippen molar-refractivity contribution in [2.75, 3.05) is 5.32 Å². The Hall–Kier alpha value is -1.35. The first-order valence-electron chi connectivity index (χ1n) is 6.85. The van der Waals surface area contributed by atoms with Gasteiger partial charge in [-0.15, -0.1) is 0 Å². The molecule has 1 aromatic carbocycles. The van der Waals surface area contributed by atoms with Gasteiger partial charge in [0, 0.05) is 16.7 Å². The number of hydrogen-bond donors (Lipinski definition) is 1. The fourth-order valence-electron chi connectivity index (χ4n) is 1.98. The molecule has 0 bridgehead atoms. The summed E-state index contributed by atoms with van der Waals surface area (Å²) in [6.07, 6.45) is 1.95. The Kier molecular flexibility index (Phi) is 4.48. The van der Waals surface area contributed by atoms with Crippen LogP contribution in [0.5, 0.6) is 0 Å². The van der Waals surface area contributed by atoms with Crippen molar-refractivity contribution in [3.05, 3.63) is 58.2 Å². The van der Waals surface area contributed by atoms with Crippen molar-refractivity contribution in [2.45, 2.75) is 39.2 Å². The lowest BCUT2D eigenvalue weighted by Gasteiger charge is -2.20. The fourth-order valence-corrected chi connectivity index (χ4v) is 2.24. The van der Waals surface area contributed by atoms with E-state index >= 15 is 0 Å². The molecule has 0 saturated heterocycles. The van der Waals surface area contributed by atoms with Gasteiger partial charge < -0.3 is 5.32 Å². The molecule has 0 spiro atoms. The number of rotatable bonds is 3. The van der Waals surface area contributed by atoms with E-state index in [2.05, 4.69) is 90.3 Å². The minimum Gasteiger partial charge on any atom is -0.364 e. The molecule has 0 saturated carbocycles. The summed E-state index contributed by atoms with van der Waals surface area (Å²) in [7, 11) is 0. The number of aromatic nitrogens is 1. The summed E-state index contributed by atoms with van der Waals surface area (Å²) in [6, 6.07) is 12.8. The zero-order valence-electron chi connectivity index (χ0n) is 12.4. The third kappa shape index (κ3) is 3.83. The molecule has 3 heteroatoms. The standard InChI is InChI=1S/C17H21BrN2/c1-12(13-5-8-15(18)9-6-13)20-16-10-7-14(11-19-16)17(2,3)4/h5-12H,1-4H3,(H,19,20). The molecule has 1 unspecified atom stereocenters. The largest absolute Gasteiger partial charge is 0.364 e. The van der Waals surface area contributed by atoms with Crippen molar-refractivity contribution >= 4 is 21.7 Å². The van der Waals surface area contributed by atoms with E-state index < -0.39 is 0 Å². The van der Waals surface area contributed by atoms with Gasteiger partial charge in [-0.05, 0) is 41.7 Å². The lowest BCUT2D eigenvalue weighted by Crippen LogP contribution is -2.12. The van der Waals surface area contributed by atoms with E-state index in [0.29, 0.717) is 0 Å². The SMILES string of the molecule is CC(Nc1ccc(C(C)(C)C)cn1)c1ccc(Br)cc1. The Balaban J connectivity index is 2.08.